The number of hydrogen-bond acceptors (Lipinski definition) is 1. The number of aliphatic hydroxyl groups excluding tert-OH is 1. The molecular weight excluding hydrogens is 196 g/mol. The van der Waals surface area contributed by atoms with E-state index in [-0.39, 0.29) is 6.10 Å². The minimum Gasteiger partial charge on any atom is -0.389 e. The van der Waals surface area contributed by atoms with Gasteiger partial charge in [-0.25, -0.2) is 0 Å². The van der Waals surface area contributed by atoms with Crippen molar-refractivity contribution >= 4 is 6.08 Å². The summed E-state index contributed by atoms with van der Waals surface area (Å²) in [7, 11) is 0. The highest BCUT2D eigenvalue weighted by atomic mass is 16.3. The topological polar surface area (TPSA) is 20.2 Å². The fourth-order valence-corrected chi connectivity index (χ4v) is 1.60. The van der Waals surface area contributed by atoms with Gasteiger partial charge in [-0.2, -0.15) is 0 Å². The molecule has 0 saturated carbocycles. The molecule has 0 amide bonds. The van der Waals surface area contributed by atoms with Crippen LogP contribution < -0.4 is 0 Å². The molecule has 1 nitrogen and oxygen atoms in total. The molecule has 0 aromatic heterocycles. The van der Waals surface area contributed by atoms with E-state index >= 15 is 0 Å². The summed E-state index contributed by atoms with van der Waals surface area (Å²) in [6.07, 6.45) is 2.79. The second-order valence-electron chi connectivity index (χ2n) is 4.90. The molecule has 1 aromatic rings. The van der Waals surface area contributed by atoms with Crippen molar-refractivity contribution < 1.29 is 5.11 Å². The first kappa shape index (κ1) is 13.0. The molecule has 16 heavy (non-hydrogen) atoms. The first-order valence-corrected chi connectivity index (χ1v) is 5.94. The van der Waals surface area contributed by atoms with Gasteiger partial charge in [-0.1, -0.05) is 44.2 Å². The lowest BCUT2D eigenvalue weighted by Crippen LogP contribution is -2.00. The second-order valence-corrected chi connectivity index (χ2v) is 4.90. The highest BCUT2D eigenvalue weighted by molar-refractivity contribution is 5.53. The summed E-state index contributed by atoms with van der Waals surface area (Å²) < 4.78 is 0. The summed E-state index contributed by atoms with van der Waals surface area (Å²) in [6, 6.07) is 8.56. The van der Waals surface area contributed by atoms with Gasteiger partial charge >= 0.3 is 0 Å². The van der Waals surface area contributed by atoms with Crippen molar-refractivity contribution in [3.8, 4) is 0 Å². The SMILES string of the molecule is C/C(=C/c1ccc(CC(C)C)cc1)C(C)O. The molecule has 1 heteroatoms. The molecule has 0 saturated heterocycles. The van der Waals surface area contributed by atoms with Crippen LogP contribution in [0.25, 0.3) is 6.08 Å². The molecule has 0 aliphatic rings. The minimum atomic E-state index is -0.365. The lowest BCUT2D eigenvalue weighted by atomic mass is 10.0. The number of aliphatic hydroxyl groups is 1. The molecule has 1 aromatic carbocycles. The van der Waals surface area contributed by atoms with Crippen molar-refractivity contribution in [2.45, 2.75) is 40.2 Å². The van der Waals surface area contributed by atoms with E-state index in [1.54, 1.807) is 6.92 Å². The molecule has 0 heterocycles. The number of hydrogen-bond donors (Lipinski definition) is 1. The van der Waals surface area contributed by atoms with Gasteiger partial charge in [-0.05, 0) is 42.9 Å². The van der Waals surface area contributed by atoms with Crippen molar-refractivity contribution in [3.05, 3.63) is 41.0 Å². The van der Waals surface area contributed by atoms with E-state index in [1.807, 2.05) is 13.0 Å². The fraction of sp³-hybridized carbons (Fsp3) is 0.467. The van der Waals surface area contributed by atoms with E-state index in [0.29, 0.717) is 5.92 Å². The molecule has 1 unspecified atom stereocenters. The van der Waals surface area contributed by atoms with E-state index in [2.05, 4.69) is 38.1 Å². The van der Waals surface area contributed by atoms with Gasteiger partial charge in [0.25, 0.3) is 0 Å². The molecule has 1 N–H and O–H groups in total. The van der Waals surface area contributed by atoms with Gasteiger partial charge in [0.2, 0.25) is 0 Å². The molecule has 1 rings (SSSR count). The third-order valence-electron chi connectivity index (χ3n) is 2.68. The van der Waals surface area contributed by atoms with Crippen LogP contribution in [0.4, 0.5) is 0 Å². The molecule has 0 aliphatic heterocycles. The van der Waals surface area contributed by atoms with E-state index in [9.17, 15) is 5.11 Å². The predicted molar refractivity (Wildman–Crippen MR) is 70.3 cm³/mol. The average Bonchev–Trinajstić information content (AvgIpc) is 2.20. The van der Waals surface area contributed by atoms with Crippen LogP contribution in [-0.2, 0) is 6.42 Å². The number of benzene rings is 1. The van der Waals surface area contributed by atoms with Crippen LogP contribution in [0, 0.1) is 5.92 Å². The summed E-state index contributed by atoms with van der Waals surface area (Å²) in [5, 5.41) is 9.39. The van der Waals surface area contributed by atoms with Gasteiger partial charge in [-0.3, -0.25) is 0 Å². The van der Waals surface area contributed by atoms with Crippen LogP contribution in [0.1, 0.15) is 38.8 Å². The van der Waals surface area contributed by atoms with Crippen LogP contribution in [0.2, 0.25) is 0 Å². The molecule has 0 bridgehead atoms. The average molecular weight is 218 g/mol. The van der Waals surface area contributed by atoms with E-state index in [1.165, 1.54) is 5.56 Å². The Morgan fingerprint density at radius 2 is 1.75 bits per heavy atom. The molecule has 0 aliphatic carbocycles. The zero-order chi connectivity index (χ0) is 12.1. The smallest absolute Gasteiger partial charge is 0.0722 e. The number of rotatable bonds is 4. The van der Waals surface area contributed by atoms with Gasteiger partial charge in [0.15, 0.2) is 0 Å². The summed E-state index contributed by atoms with van der Waals surface area (Å²) >= 11 is 0. The lowest BCUT2D eigenvalue weighted by molar-refractivity contribution is 0.232. The lowest BCUT2D eigenvalue weighted by Gasteiger charge is -2.06. The third kappa shape index (κ3) is 4.19. The van der Waals surface area contributed by atoms with Crippen LogP contribution >= 0.6 is 0 Å². The third-order valence-corrected chi connectivity index (χ3v) is 2.68. The predicted octanol–water partition coefficient (Wildman–Crippen LogP) is 3.67. The normalized spacial score (nSPS) is 14.2. The molecule has 88 valence electrons. The van der Waals surface area contributed by atoms with E-state index in [4.69, 9.17) is 0 Å². The van der Waals surface area contributed by atoms with Gasteiger partial charge in [0, 0.05) is 0 Å². The van der Waals surface area contributed by atoms with Crippen LogP contribution in [0.3, 0.4) is 0 Å². The van der Waals surface area contributed by atoms with E-state index < -0.39 is 0 Å². The van der Waals surface area contributed by atoms with Gasteiger partial charge in [0.1, 0.15) is 0 Å². The van der Waals surface area contributed by atoms with Crippen molar-refractivity contribution in [1.82, 2.24) is 0 Å². The highest BCUT2D eigenvalue weighted by Gasteiger charge is 2.00. The molecule has 0 radical (unpaired) electrons. The summed E-state index contributed by atoms with van der Waals surface area (Å²) in [6.45, 7) is 8.20. The maximum absolute atomic E-state index is 9.39. The van der Waals surface area contributed by atoms with Crippen molar-refractivity contribution in [1.29, 1.82) is 0 Å². The van der Waals surface area contributed by atoms with Crippen LogP contribution in [-0.4, -0.2) is 11.2 Å². The molecule has 1 atom stereocenters. The highest BCUT2D eigenvalue weighted by Crippen LogP contribution is 2.13. The quantitative estimate of drug-likeness (QED) is 0.817. The minimum absolute atomic E-state index is 0.365. The van der Waals surface area contributed by atoms with Gasteiger partial charge in [0.05, 0.1) is 6.10 Å². The first-order chi connectivity index (χ1) is 7.49. The van der Waals surface area contributed by atoms with Crippen LogP contribution in [0.15, 0.2) is 29.8 Å². The Morgan fingerprint density at radius 1 is 1.19 bits per heavy atom. The van der Waals surface area contributed by atoms with Gasteiger partial charge in [-0.15, -0.1) is 0 Å². The maximum atomic E-state index is 9.39. The van der Waals surface area contributed by atoms with Crippen molar-refractivity contribution in [2.24, 2.45) is 5.92 Å². The Labute approximate surface area is 98.8 Å². The van der Waals surface area contributed by atoms with Crippen molar-refractivity contribution in [2.75, 3.05) is 0 Å². The summed E-state index contributed by atoms with van der Waals surface area (Å²) in [5.74, 6) is 0.695. The Hall–Kier alpha value is -1.08. The first-order valence-electron chi connectivity index (χ1n) is 5.94. The summed E-state index contributed by atoms with van der Waals surface area (Å²) in [4.78, 5) is 0. The Balaban J connectivity index is 2.75. The monoisotopic (exact) mass is 218 g/mol. The standard InChI is InChI=1S/C15H22O/c1-11(2)9-14-5-7-15(8-6-14)10-12(3)13(4)16/h5-8,10-11,13,16H,9H2,1-4H3/b12-10-. The largest absolute Gasteiger partial charge is 0.389 e. The van der Waals surface area contributed by atoms with E-state index in [0.717, 1.165) is 17.6 Å². The van der Waals surface area contributed by atoms with Crippen LogP contribution in [0.5, 0.6) is 0 Å². The van der Waals surface area contributed by atoms with Crippen molar-refractivity contribution in [3.63, 3.8) is 0 Å². The fourth-order valence-electron chi connectivity index (χ4n) is 1.60. The maximum Gasteiger partial charge on any atom is 0.0722 e. The second kappa shape index (κ2) is 5.86. The Kier molecular flexibility index (Phi) is 4.75. The van der Waals surface area contributed by atoms with Gasteiger partial charge < -0.3 is 5.11 Å². The zero-order valence-electron chi connectivity index (χ0n) is 10.7. The molecule has 0 spiro atoms. The Morgan fingerprint density at radius 3 is 2.19 bits per heavy atom. The summed E-state index contributed by atoms with van der Waals surface area (Å²) in [5.41, 5.74) is 3.53. The molecular formula is C15H22O. The Bertz CT molecular complexity index is 344. The zero-order valence-corrected chi connectivity index (χ0v) is 10.7. The molecule has 0 fully saturated rings.